The summed E-state index contributed by atoms with van der Waals surface area (Å²) in [5.41, 5.74) is -0.625. The fraction of sp³-hybridized carbons (Fsp3) is 0.583. The molecule has 1 aromatic heterocycles. The number of hydrogen-bond acceptors (Lipinski definition) is 6. The van der Waals surface area contributed by atoms with Crippen molar-refractivity contribution in [3.05, 3.63) is 27.3 Å². The van der Waals surface area contributed by atoms with Crippen LogP contribution in [0.5, 0.6) is 0 Å². The number of halogens is 1. The second-order valence-corrected chi connectivity index (χ2v) is 6.10. The van der Waals surface area contributed by atoms with Gasteiger partial charge < -0.3 is 9.64 Å². The van der Waals surface area contributed by atoms with E-state index in [0.717, 1.165) is 0 Å². The van der Waals surface area contributed by atoms with E-state index in [-0.39, 0.29) is 22.5 Å². The van der Waals surface area contributed by atoms with E-state index < -0.39 is 16.6 Å². The van der Waals surface area contributed by atoms with Gasteiger partial charge in [-0.3, -0.25) is 10.1 Å². The summed E-state index contributed by atoms with van der Waals surface area (Å²) in [7, 11) is 0. The molecule has 1 aliphatic heterocycles. The van der Waals surface area contributed by atoms with Crippen molar-refractivity contribution in [2.24, 2.45) is 0 Å². The topological polar surface area (TPSA) is 98.5 Å². The van der Waals surface area contributed by atoms with Crippen molar-refractivity contribution in [2.45, 2.75) is 32.3 Å². The average Bonchev–Trinajstić information content (AvgIpc) is 2.23. The summed E-state index contributed by atoms with van der Waals surface area (Å²) in [5.74, 6) is -0.238. The van der Waals surface area contributed by atoms with Gasteiger partial charge in [-0.1, -0.05) is 11.6 Å². The fourth-order valence-electron chi connectivity index (χ4n) is 1.96. The SMILES string of the molecule is CC(C)(C)OC(=O)N1CC(c2ncnc(Cl)c2[N+](=O)[O-])C1. The Hall–Kier alpha value is -1.96. The molecule has 1 aliphatic rings. The molecule has 0 aromatic carbocycles. The second-order valence-electron chi connectivity index (χ2n) is 5.74. The van der Waals surface area contributed by atoms with Gasteiger partial charge in [-0.15, -0.1) is 0 Å². The molecule has 0 bridgehead atoms. The maximum absolute atomic E-state index is 11.8. The van der Waals surface area contributed by atoms with Crippen LogP contribution in [-0.2, 0) is 4.74 Å². The third-order valence-corrected chi connectivity index (χ3v) is 3.19. The summed E-state index contributed by atoms with van der Waals surface area (Å²) in [6.07, 6.45) is 0.738. The molecule has 0 radical (unpaired) electrons. The number of carbonyl (C=O) groups is 1. The summed E-state index contributed by atoms with van der Waals surface area (Å²) in [6.45, 7) is 5.94. The molecule has 114 valence electrons. The zero-order valence-electron chi connectivity index (χ0n) is 11.9. The van der Waals surface area contributed by atoms with Crippen molar-refractivity contribution in [3.8, 4) is 0 Å². The highest BCUT2D eigenvalue weighted by Gasteiger charge is 2.39. The summed E-state index contributed by atoms with van der Waals surface area (Å²) >= 11 is 5.74. The zero-order chi connectivity index (χ0) is 15.8. The number of hydrogen-bond donors (Lipinski definition) is 0. The Balaban J connectivity index is 2.07. The third-order valence-electron chi connectivity index (χ3n) is 2.91. The molecule has 0 unspecified atom stereocenters. The zero-order valence-corrected chi connectivity index (χ0v) is 12.6. The Kier molecular flexibility index (Phi) is 3.99. The molecule has 1 aromatic rings. The van der Waals surface area contributed by atoms with Gasteiger partial charge in [-0.25, -0.2) is 14.8 Å². The van der Waals surface area contributed by atoms with E-state index in [1.165, 1.54) is 11.2 Å². The first-order valence-electron chi connectivity index (χ1n) is 6.31. The molecule has 21 heavy (non-hydrogen) atoms. The minimum absolute atomic E-state index is 0.194. The van der Waals surface area contributed by atoms with E-state index in [1.807, 2.05) is 0 Å². The highest BCUT2D eigenvalue weighted by atomic mass is 35.5. The lowest BCUT2D eigenvalue weighted by atomic mass is 9.95. The van der Waals surface area contributed by atoms with Crippen LogP contribution < -0.4 is 0 Å². The van der Waals surface area contributed by atoms with Gasteiger partial charge in [-0.05, 0) is 20.8 Å². The quantitative estimate of drug-likeness (QED) is 0.472. The second kappa shape index (κ2) is 5.44. The maximum atomic E-state index is 11.8. The first-order chi connectivity index (χ1) is 9.69. The molecule has 1 saturated heterocycles. The normalized spacial score (nSPS) is 15.5. The van der Waals surface area contributed by atoms with Crippen LogP contribution >= 0.6 is 11.6 Å². The van der Waals surface area contributed by atoms with Crippen molar-refractivity contribution < 1.29 is 14.5 Å². The van der Waals surface area contributed by atoms with E-state index in [1.54, 1.807) is 20.8 Å². The number of nitro groups is 1. The molecule has 0 N–H and O–H groups in total. The van der Waals surface area contributed by atoms with Crippen LogP contribution in [0, 0.1) is 10.1 Å². The summed E-state index contributed by atoms with van der Waals surface area (Å²) in [6, 6.07) is 0. The molecule has 1 amide bonds. The first kappa shape index (κ1) is 15.4. The number of aromatic nitrogens is 2. The Labute approximate surface area is 126 Å². The molecule has 1 fully saturated rings. The first-order valence-corrected chi connectivity index (χ1v) is 6.69. The van der Waals surface area contributed by atoms with Crippen LogP contribution in [0.1, 0.15) is 32.4 Å². The van der Waals surface area contributed by atoms with E-state index >= 15 is 0 Å². The molecular formula is C12H15ClN4O4. The fourth-order valence-corrected chi connectivity index (χ4v) is 2.17. The average molecular weight is 315 g/mol. The minimum Gasteiger partial charge on any atom is -0.444 e. The van der Waals surface area contributed by atoms with Gasteiger partial charge in [0.25, 0.3) is 0 Å². The molecule has 0 aliphatic carbocycles. The molecule has 9 heteroatoms. The number of ether oxygens (including phenoxy) is 1. The van der Waals surface area contributed by atoms with Crippen molar-refractivity contribution in [1.29, 1.82) is 0 Å². The maximum Gasteiger partial charge on any atom is 0.410 e. The molecular weight excluding hydrogens is 300 g/mol. The Bertz CT molecular complexity index is 581. The molecule has 0 atom stereocenters. The van der Waals surface area contributed by atoms with Gasteiger partial charge in [0.2, 0.25) is 5.15 Å². The molecule has 8 nitrogen and oxygen atoms in total. The lowest BCUT2D eigenvalue weighted by molar-refractivity contribution is -0.386. The van der Waals surface area contributed by atoms with Crippen molar-refractivity contribution in [2.75, 3.05) is 13.1 Å². The van der Waals surface area contributed by atoms with Gasteiger partial charge in [0.1, 0.15) is 17.6 Å². The highest BCUT2D eigenvalue weighted by Crippen LogP contribution is 2.35. The largest absolute Gasteiger partial charge is 0.444 e. The van der Waals surface area contributed by atoms with Gasteiger partial charge in [0, 0.05) is 19.0 Å². The summed E-state index contributed by atoms with van der Waals surface area (Å²) in [4.78, 5) is 31.3. The van der Waals surface area contributed by atoms with Crippen LogP contribution in [0.3, 0.4) is 0 Å². The molecule has 0 spiro atoms. The third kappa shape index (κ3) is 3.38. The predicted octanol–water partition coefficient (Wildman–Crippen LogP) is 2.37. The van der Waals surface area contributed by atoms with Gasteiger partial charge in [0.05, 0.1) is 4.92 Å². The smallest absolute Gasteiger partial charge is 0.410 e. The Morgan fingerprint density at radius 2 is 2.10 bits per heavy atom. The number of carbonyl (C=O) groups excluding carboxylic acids is 1. The lowest BCUT2D eigenvalue weighted by Gasteiger charge is -2.39. The van der Waals surface area contributed by atoms with E-state index in [4.69, 9.17) is 16.3 Å². The van der Waals surface area contributed by atoms with Gasteiger partial charge >= 0.3 is 11.8 Å². The van der Waals surface area contributed by atoms with Gasteiger partial charge in [0.15, 0.2) is 0 Å². The minimum atomic E-state index is -0.603. The van der Waals surface area contributed by atoms with Crippen molar-refractivity contribution in [3.63, 3.8) is 0 Å². The highest BCUT2D eigenvalue weighted by molar-refractivity contribution is 6.31. The number of amides is 1. The summed E-state index contributed by atoms with van der Waals surface area (Å²) < 4.78 is 5.22. The van der Waals surface area contributed by atoms with Crippen molar-refractivity contribution in [1.82, 2.24) is 14.9 Å². The number of nitrogens with zero attached hydrogens (tertiary/aromatic N) is 4. The predicted molar refractivity (Wildman–Crippen MR) is 74.2 cm³/mol. The lowest BCUT2D eigenvalue weighted by Crippen LogP contribution is -2.50. The summed E-state index contributed by atoms with van der Waals surface area (Å²) in [5, 5.41) is 10.8. The molecule has 2 heterocycles. The standard InChI is InChI=1S/C12H15ClN4O4/c1-12(2,3)21-11(18)16-4-7(5-16)8-9(17(19)20)10(13)15-6-14-8/h6-7H,4-5H2,1-3H3. The Morgan fingerprint density at radius 1 is 1.48 bits per heavy atom. The monoisotopic (exact) mass is 314 g/mol. The van der Waals surface area contributed by atoms with Crippen LogP contribution in [0.4, 0.5) is 10.5 Å². The number of likely N-dealkylation sites (tertiary alicyclic amines) is 1. The van der Waals surface area contributed by atoms with Crippen LogP contribution in [0.25, 0.3) is 0 Å². The van der Waals surface area contributed by atoms with Crippen molar-refractivity contribution >= 4 is 23.4 Å². The molecule has 0 saturated carbocycles. The van der Waals surface area contributed by atoms with Crippen LogP contribution in [-0.4, -0.2) is 44.6 Å². The number of rotatable bonds is 2. The molecule has 2 rings (SSSR count). The van der Waals surface area contributed by atoms with Crippen LogP contribution in [0.2, 0.25) is 5.15 Å². The van der Waals surface area contributed by atoms with Crippen LogP contribution in [0.15, 0.2) is 6.33 Å². The van der Waals surface area contributed by atoms with E-state index in [0.29, 0.717) is 13.1 Å². The Morgan fingerprint density at radius 3 is 2.62 bits per heavy atom. The van der Waals surface area contributed by atoms with Gasteiger partial charge in [-0.2, -0.15) is 0 Å². The van der Waals surface area contributed by atoms with E-state index in [9.17, 15) is 14.9 Å². The van der Waals surface area contributed by atoms with E-state index in [2.05, 4.69) is 9.97 Å².